The normalized spacial score (nSPS) is 26.4. The van der Waals surface area contributed by atoms with E-state index in [9.17, 15) is 4.79 Å². The van der Waals surface area contributed by atoms with E-state index in [1.165, 1.54) is 11.8 Å². The van der Waals surface area contributed by atoms with Crippen molar-refractivity contribution >= 4 is 17.7 Å². The third-order valence-corrected chi connectivity index (χ3v) is 2.84. The third-order valence-electron chi connectivity index (χ3n) is 1.72. The van der Waals surface area contributed by atoms with Crippen LogP contribution in [0.3, 0.4) is 0 Å². The van der Waals surface area contributed by atoms with Crippen molar-refractivity contribution < 1.29 is 9.90 Å². The summed E-state index contributed by atoms with van der Waals surface area (Å²) in [5, 5.41) is 10.3. The molecule has 2 rings (SSSR count). The van der Waals surface area contributed by atoms with Gasteiger partial charge in [0.05, 0.1) is 0 Å². The first-order chi connectivity index (χ1) is 5.29. The molecule has 0 saturated carbocycles. The summed E-state index contributed by atoms with van der Waals surface area (Å²) in [6, 6.07) is 0. The highest BCUT2D eigenvalue weighted by Crippen LogP contribution is 2.38. The molecule has 0 aromatic heterocycles. The number of carboxylic acids is 1. The van der Waals surface area contributed by atoms with Gasteiger partial charge in [-0.05, 0) is 16.6 Å². The van der Waals surface area contributed by atoms with Crippen molar-refractivity contribution in [2.45, 2.75) is 5.25 Å². The first-order valence-electron chi connectivity index (χ1n) is 3.26. The summed E-state index contributed by atoms with van der Waals surface area (Å²) >= 11 is 1.36. The van der Waals surface area contributed by atoms with Crippen LogP contribution < -0.4 is 0 Å². The van der Waals surface area contributed by atoms with Crippen LogP contribution in [0.5, 0.6) is 0 Å². The van der Waals surface area contributed by atoms with Crippen LogP contribution in [0.15, 0.2) is 34.8 Å². The Bertz CT molecular complexity index is 299. The molecular weight excluding hydrogens is 160 g/mol. The molecule has 2 aliphatic rings. The average molecular weight is 166 g/mol. The maximum atomic E-state index is 10.6. The van der Waals surface area contributed by atoms with Gasteiger partial charge in [-0.15, -0.1) is 11.8 Å². The van der Waals surface area contributed by atoms with Crippen LogP contribution in [0.1, 0.15) is 0 Å². The van der Waals surface area contributed by atoms with Gasteiger partial charge in [0.15, 0.2) is 0 Å². The van der Waals surface area contributed by atoms with Gasteiger partial charge in [-0.2, -0.15) is 0 Å². The van der Waals surface area contributed by atoms with Crippen molar-refractivity contribution in [3.05, 3.63) is 34.8 Å². The molecule has 2 nitrogen and oxygen atoms in total. The van der Waals surface area contributed by atoms with E-state index in [1.807, 2.05) is 23.6 Å². The summed E-state index contributed by atoms with van der Waals surface area (Å²) in [5.74, 6) is -0.754. The number of carboxylic acid groups (broad SMARTS) is 1. The summed E-state index contributed by atoms with van der Waals surface area (Å²) < 4.78 is 0. The molecule has 3 heteroatoms. The SMILES string of the molecule is O=C(O)C1SC=C2C=CC=C21. The van der Waals surface area contributed by atoms with Crippen molar-refractivity contribution in [3.8, 4) is 0 Å². The van der Waals surface area contributed by atoms with E-state index in [0.717, 1.165) is 11.1 Å². The molecule has 0 aromatic rings. The summed E-state index contributed by atoms with van der Waals surface area (Å²) in [6.07, 6.45) is 5.69. The zero-order chi connectivity index (χ0) is 7.84. The Balaban J connectivity index is 2.31. The fourth-order valence-corrected chi connectivity index (χ4v) is 2.17. The van der Waals surface area contributed by atoms with Crippen LogP contribution in [0.2, 0.25) is 0 Å². The van der Waals surface area contributed by atoms with E-state index in [2.05, 4.69) is 0 Å². The summed E-state index contributed by atoms with van der Waals surface area (Å²) in [7, 11) is 0. The Hall–Kier alpha value is -0.960. The molecule has 1 atom stereocenters. The molecule has 56 valence electrons. The number of hydrogen-bond acceptors (Lipinski definition) is 2. The smallest absolute Gasteiger partial charge is 0.321 e. The topological polar surface area (TPSA) is 37.3 Å². The van der Waals surface area contributed by atoms with Crippen molar-refractivity contribution in [1.82, 2.24) is 0 Å². The quantitative estimate of drug-likeness (QED) is 0.642. The van der Waals surface area contributed by atoms with Crippen molar-refractivity contribution in [3.63, 3.8) is 0 Å². The van der Waals surface area contributed by atoms with Crippen LogP contribution in [-0.4, -0.2) is 16.3 Å². The monoisotopic (exact) mass is 166 g/mol. The number of hydrogen-bond donors (Lipinski definition) is 1. The molecule has 0 saturated heterocycles. The molecule has 1 aliphatic carbocycles. The molecule has 1 unspecified atom stereocenters. The van der Waals surface area contributed by atoms with E-state index < -0.39 is 5.97 Å². The minimum absolute atomic E-state index is 0.375. The first-order valence-corrected chi connectivity index (χ1v) is 4.20. The Morgan fingerprint density at radius 2 is 2.45 bits per heavy atom. The van der Waals surface area contributed by atoms with Crippen molar-refractivity contribution in [1.29, 1.82) is 0 Å². The molecule has 0 fully saturated rings. The lowest BCUT2D eigenvalue weighted by atomic mass is 10.1. The zero-order valence-corrected chi connectivity index (χ0v) is 6.47. The lowest BCUT2D eigenvalue weighted by molar-refractivity contribution is -0.135. The Labute approximate surface area is 68.3 Å². The maximum Gasteiger partial charge on any atom is 0.321 e. The third kappa shape index (κ3) is 0.922. The van der Waals surface area contributed by atoms with Crippen LogP contribution in [0, 0.1) is 0 Å². The van der Waals surface area contributed by atoms with Gasteiger partial charge in [0.1, 0.15) is 5.25 Å². The zero-order valence-electron chi connectivity index (χ0n) is 5.65. The number of fused-ring (bicyclic) bond motifs is 1. The lowest BCUT2D eigenvalue weighted by Gasteiger charge is -2.03. The van der Waals surface area contributed by atoms with Crippen LogP contribution in [-0.2, 0) is 4.79 Å². The highest BCUT2D eigenvalue weighted by atomic mass is 32.2. The van der Waals surface area contributed by atoms with Gasteiger partial charge in [-0.1, -0.05) is 18.2 Å². The molecule has 0 aromatic carbocycles. The summed E-state index contributed by atoms with van der Waals surface area (Å²) in [6.45, 7) is 0. The van der Waals surface area contributed by atoms with Gasteiger partial charge >= 0.3 is 5.97 Å². The van der Waals surface area contributed by atoms with E-state index >= 15 is 0 Å². The van der Waals surface area contributed by atoms with E-state index in [-0.39, 0.29) is 5.25 Å². The van der Waals surface area contributed by atoms with Crippen molar-refractivity contribution in [2.24, 2.45) is 0 Å². The van der Waals surface area contributed by atoms with Gasteiger partial charge < -0.3 is 5.11 Å². The van der Waals surface area contributed by atoms with Gasteiger partial charge in [-0.3, -0.25) is 4.79 Å². The minimum atomic E-state index is -0.754. The van der Waals surface area contributed by atoms with Gasteiger partial charge in [0.25, 0.3) is 0 Å². The molecule has 0 spiro atoms. The maximum absolute atomic E-state index is 10.6. The largest absolute Gasteiger partial charge is 0.480 e. The second-order valence-electron chi connectivity index (χ2n) is 2.41. The Kier molecular flexibility index (Phi) is 1.39. The van der Waals surface area contributed by atoms with Gasteiger partial charge in [0, 0.05) is 0 Å². The van der Waals surface area contributed by atoms with E-state index in [4.69, 9.17) is 5.11 Å². The van der Waals surface area contributed by atoms with E-state index in [0.29, 0.717) is 0 Å². The minimum Gasteiger partial charge on any atom is -0.480 e. The first kappa shape index (κ1) is 6.73. The predicted octanol–water partition coefficient (Wildman–Crippen LogP) is 1.57. The number of aliphatic carboxylic acids is 1. The molecule has 0 amide bonds. The van der Waals surface area contributed by atoms with Crippen LogP contribution >= 0.6 is 11.8 Å². The summed E-state index contributed by atoms with van der Waals surface area (Å²) in [4.78, 5) is 10.6. The lowest BCUT2D eigenvalue weighted by Crippen LogP contribution is -2.15. The summed E-state index contributed by atoms with van der Waals surface area (Å²) in [5.41, 5.74) is 1.99. The predicted molar refractivity (Wildman–Crippen MR) is 44.3 cm³/mol. The average Bonchev–Trinajstić information content (AvgIpc) is 2.41. The molecule has 1 aliphatic heterocycles. The fraction of sp³-hybridized carbons (Fsp3) is 0.125. The second-order valence-corrected chi connectivity index (χ2v) is 3.39. The molecule has 1 heterocycles. The van der Waals surface area contributed by atoms with Crippen LogP contribution in [0.25, 0.3) is 0 Å². The number of rotatable bonds is 1. The highest BCUT2D eigenvalue weighted by Gasteiger charge is 2.29. The molecule has 0 bridgehead atoms. The molecule has 1 N–H and O–H groups in total. The highest BCUT2D eigenvalue weighted by molar-refractivity contribution is 8.04. The molecule has 11 heavy (non-hydrogen) atoms. The van der Waals surface area contributed by atoms with Crippen molar-refractivity contribution in [2.75, 3.05) is 0 Å². The number of carbonyl (C=O) groups is 1. The van der Waals surface area contributed by atoms with Gasteiger partial charge in [-0.25, -0.2) is 0 Å². The standard InChI is InChI=1S/C8H6O2S/c9-8(10)7-6-3-1-2-5(6)4-11-7/h1-4,7H,(H,9,10). The Morgan fingerprint density at radius 1 is 1.64 bits per heavy atom. The second kappa shape index (κ2) is 2.27. The fourth-order valence-electron chi connectivity index (χ4n) is 1.20. The van der Waals surface area contributed by atoms with Crippen LogP contribution in [0.4, 0.5) is 0 Å². The van der Waals surface area contributed by atoms with E-state index in [1.54, 1.807) is 0 Å². The molecular formula is C8H6O2S. The number of thioether (sulfide) groups is 1. The Morgan fingerprint density at radius 3 is 3.18 bits per heavy atom. The molecule has 0 radical (unpaired) electrons. The van der Waals surface area contributed by atoms with Gasteiger partial charge in [0.2, 0.25) is 0 Å². The number of allylic oxidation sites excluding steroid dienone is 4.